The fourth-order valence-electron chi connectivity index (χ4n) is 3.73. The molecule has 0 aromatic heterocycles. The van der Waals surface area contributed by atoms with Crippen LogP contribution in [0, 0.1) is 6.92 Å². The molecule has 1 aliphatic heterocycles. The van der Waals surface area contributed by atoms with Gasteiger partial charge >= 0.3 is 0 Å². The number of hydrogen-bond donors (Lipinski definition) is 0. The number of carbonyl (C=O) groups is 1. The van der Waals surface area contributed by atoms with E-state index in [-0.39, 0.29) is 5.91 Å². The van der Waals surface area contributed by atoms with Crippen molar-refractivity contribution < 1.29 is 14.3 Å². The van der Waals surface area contributed by atoms with Gasteiger partial charge in [0, 0.05) is 17.7 Å². The second-order valence-corrected chi connectivity index (χ2v) is 8.29. The number of likely N-dealkylation sites (N-methyl/N-ethyl adjacent to an activating group) is 1. The van der Waals surface area contributed by atoms with E-state index in [2.05, 4.69) is 47.1 Å². The Morgan fingerprint density at radius 2 is 1.81 bits per heavy atom. The normalized spacial score (nSPS) is 14.1. The second-order valence-electron chi connectivity index (χ2n) is 7.43. The molecule has 0 atom stereocenters. The van der Waals surface area contributed by atoms with Gasteiger partial charge < -0.3 is 14.4 Å². The Morgan fingerprint density at radius 1 is 1.06 bits per heavy atom. The minimum absolute atomic E-state index is 0.0125. The third-order valence-electron chi connectivity index (χ3n) is 5.34. The molecule has 4 rings (SSSR count). The van der Waals surface area contributed by atoms with E-state index in [1.807, 2.05) is 49.4 Å². The molecule has 1 aliphatic rings. The summed E-state index contributed by atoms with van der Waals surface area (Å²) in [5.41, 5.74) is 5.74. The molecule has 31 heavy (non-hydrogen) atoms. The number of carbonyl (C=O) groups excluding carboxylic acids is 1. The molecular formula is C26H24BrNO3. The number of rotatable bonds is 6. The Morgan fingerprint density at radius 3 is 2.52 bits per heavy atom. The van der Waals surface area contributed by atoms with Gasteiger partial charge in [-0.15, -0.1) is 0 Å². The van der Waals surface area contributed by atoms with Crippen molar-refractivity contribution in [2.45, 2.75) is 20.5 Å². The Kier molecular flexibility index (Phi) is 6.14. The van der Waals surface area contributed by atoms with Crippen LogP contribution in [0.15, 0.2) is 65.1 Å². The Balaban J connectivity index is 1.65. The maximum Gasteiger partial charge on any atom is 0.258 e. The van der Waals surface area contributed by atoms with Gasteiger partial charge in [0.25, 0.3) is 5.91 Å². The van der Waals surface area contributed by atoms with E-state index >= 15 is 0 Å². The molecule has 5 heteroatoms. The van der Waals surface area contributed by atoms with Crippen LogP contribution in [0.25, 0.3) is 11.6 Å². The molecule has 0 radical (unpaired) electrons. The first-order valence-electron chi connectivity index (χ1n) is 10.2. The fourth-order valence-corrected chi connectivity index (χ4v) is 4.30. The molecule has 1 heterocycles. The summed E-state index contributed by atoms with van der Waals surface area (Å²) < 4.78 is 12.4. The largest absolute Gasteiger partial charge is 0.493 e. The van der Waals surface area contributed by atoms with Gasteiger partial charge in [-0.05, 0) is 65.2 Å². The van der Waals surface area contributed by atoms with E-state index in [1.54, 1.807) is 12.0 Å². The average Bonchev–Trinajstić information content (AvgIpc) is 3.04. The summed E-state index contributed by atoms with van der Waals surface area (Å²) in [6.45, 7) is 5.11. The highest BCUT2D eigenvalue weighted by molar-refractivity contribution is 9.10. The number of aryl methyl sites for hydroxylation is 1. The fraction of sp³-hybridized carbons (Fsp3) is 0.192. The van der Waals surface area contributed by atoms with Crippen LogP contribution in [-0.4, -0.2) is 19.6 Å². The lowest BCUT2D eigenvalue weighted by Crippen LogP contribution is -2.25. The zero-order chi connectivity index (χ0) is 22.0. The Labute approximate surface area is 191 Å². The molecule has 0 saturated carbocycles. The van der Waals surface area contributed by atoms with Crippen LogP contribution < -0.4 is 14.4 Å². The van der Waals surface area contributed by atoms with Crippen molar-refractivity contribution in [3.63, 3.8) is 0 Å². The van der Waals surface area contributed by atoms with E-state index in [4.69, 9.17) is 9.47 Å². The summed E-state index contributed by atoms with van der Waals surface area (Å²) in [6, 6.07) is 20.0. The molecule has 0 spiro atoms. The molecule has 0 aliphatic carbocycles. The van der Waals surface area contributed by atoms with Crippen molar-refractivity contribution in [2.24, 2.45) is 0 Å². The first-order valence-corrected chi connectivity index (χ1v) is 11.0. The number of ether oxygens (including phenoxy) is 2. The monoisotopic (exact) mass is 477 g/mol. The molecular weight excluding hydrogens is 454 g/mol. The van der Waals surface area contributed by atoms with E-state index in [0.29, 0.717) is 30.2 Å². The van der Waals surface area contributed by atoms with Gasteiger partial charge in [0.2, 0.25) is 0 Å². The molecule has 1 amide bonds. The Bertz CT molecular complexity index is 1150. The van der Waals surface area contributed by atoms with Crippen LogP contribution in [0.5, 0.6) is 11.5 Å². The van der Waals surface area contributed by atoms with Crippen molar-refractivity contribution in [3.8, 4) is 11.5 Å². The van der Waals surface area contributed by atoms with Gasteiger partial charge in [0.15, 0.2) is 11.5 Å². The summed E-state index contributed by atoms with van der Waals surface area (Å²) in [7, 11) is 1.62. The third-order valence-corrected chi connectivity index (χ3v) is 5.93. The number of benzene rings is 3. The molecule has 0 saturated heterocycles. The van der Waals surface area contributed by atoms with Crippen molar-refractivity contribution in [3.05, 3.63) is 87.4 Å². The molecule has 0 N–H and O–H groups in total. The quantitative estimate of drug-likeness (QED) is 0.393. The van der Waals surface area contributed by atoms with Gasteiger partial charge in [-0.3, -0.25) is 4.79 Å². The highest BCUT2D eigenvalue weighted by atomic mass is 79.9. The predicted octanol–water partition coefficient (Wildman–Crippen LogP) is 6.25. The topological polar surface area (TPSA) is 38.8 Å². The number of para-hydroxylation sites is 1. The smallest absolute Gasteiger partial charge is 0.258 e. The summed E-state index contributed by atoms with van der Waals surface area (Å²) in [5.74, 6) is 1.26. The van der Waals surface area contributed by atoms with Crippen LogP contribution in [0.2, 0.25) is 0 Å². The minimum Gasteiger partial charge on any atom is -0.493 e. The second kappa shape index (κ2) is 8.98. The number of anilines is 1. The maximum atomic E-state index is 13.0. The summed E-state index contributed by atoms with van der Waals surface area (Å²) in [6.07, 6.45) is 1.91. The number of hydrogen-bond acceptors (Lipinski definition) is 3. The minimum atomic E-state index is 0.0125. The van der Waals surface area contributed by atoms with Gasteiger partial charge in [-0.2, -0.15) is 0 Å². The van der Waals surface area contributed by atoms with Crippen LogP contribution in [0.1, 0.15) is 29.2 Å². The van der Waals surface area contributed by atoms with Crippen LogP contribution >= 0.6 is 15.9 Å². The lowest BCUT2D eigenvalue weighted by Gasteiger charge is -2.14. The van der Waals surface area contributed by atoms with E-state index in [0.717, 1.165) is 26.9 Å². The maximum absolute atomic E-state index is 13.0. The molecule has 158 valence electrons. The number of halogens is 1. The summed E-state index contributed by atoms with van der Waals surface area (Å²) in [4.78, 5) is 14.8. The molecule has 3 aromatic carbocycles. The standard InChI is InChI=1S/C26H24BrNO3/c1-4-28-23-8-6-5-7-20(23)21(26(28)29)13-19-14-22(27)25(24(15-19)30-3)31-16-18-11-9-17(2)10-12-18/h5-15H,4,16H2,1-3H3/b21-13-. The van der Waals surface area contributed by atoms with Gasteiger partial charge in [0.05, 0.1) is 17.3 Å². The first kappa shape index (κ1) is 21.2. The van der Waals surface area contributed by atoms with E-state index in [9.17, 15) is 4.79 Å². The van der Waals surface area contributed by atoms with E-state index in [1.165, 1.54) is 5.56 Å². The van der Waals surface area contributed by atoms with Crippen LogP contribution in [0.3, 0.4) is 0 Å². The zero-order valence-corrected chi connectivity index (χ0v) is 19.4. The van der Waals surface area contributed by atoms with Gasteiger partial charge in [-0.25, -0.2) is 0 Å². The number of amides is 1. The zero-order valence-electron chi connectivity index (χ0n) is 17.8. The summed E-state index contributed by atoms with van der Waals surface area (Å²) >= 11 is 3.62. The average molecular weight is 478 g/mol. The number of fused-ring (bicyclic) bond motifs is 1. The van der Waals surface area contributed by atoms with Gasteiger partial charge in [0.1, 0.15) is 6.61 Å². The van der Waals surface area contributed by atoms with E-state index < -0.39 is 0 Å². The highest BCUT2D eigenvalue weighted by Gasteiger charge is 2.30. The van der Waals surface area contributed by atoms with Crippen molar-refractivity contribution in [1.82, 2.24) is 0 Å². The van der Waals surface area contributed by atoms with Crippen molar-refractivity contribution >= 4 is 39.2 Å². The highest BCUT2D eigenvalue weighted by Crippen LogP contribution is 2.41. The van der Waals surface area contributed by atoms with Gasteiger partial charge in [-0.1, -0.05) is 48.0 Å². The predicted molar refractivity (Wildman–Crippen MR) is 129 cm³/mol. The molecule has 3 aromatic rings. The third kappa shape index (κ3) is 4.23. The van der Waals surface area contributed by atoms with Crippen LogP contribution in [0.4, 0.5) is 5.69 Å². The Hall–Kier alpha value is -3.05. The molecule has 0 unspecified atom stereocenters. The summed E-state index contributed by atoms with van der Waals surface area (Å²) in [5, 5.41) is 0. The molecule has 0 fully saturated rings. The van der Waals surface area contributed by atoms with Crippen molar-refractivity contribution in [1.29, 1.82) is 0 Å². The lowest BCUT2D eigenvalue weighted by molar-refractivity contribution is -0.112. The number of nitrogens with zero attached hydrogens (tertiary/aromatic N) is 1. The molecule has 0 bridgehead atoms. The molecule has 4 nitrogen and oxygen atoms in total. The van der Waals surface area contributed by atoms with Crippen LogP contribution in [-0.2, 0) is 11.4 Å². The SMILES string of the molecule is CCN1C(=O)/C(=C\c2cc(Br)c(OCc3ccc(C)cc3)c(OC)c2)c2ccccc21. The number of methoxy groups -OCH3 is 1. The lowest BCUT2D eigenvalue weighted by atomic mass is 10.0. The first-order chi connectivity index (χ1) is 15.0. The van der Waals surface area contributed by atoms with Crippen molar-refractivity contribution in [2.75, 3.05) is 18.6 Å².